The second kappa shape index (κ2) is 9.68. The summed E-state index contributed by atoms with van der Waals surface area (Å²) in [4.78, 5) is 14.0. The summed E-state index contributed by atoms with van der Waals surface area (Å²) in [7, 11) is 0. The average Bonchev–Trinajstić information content (AvgIpc) is 2.64. The first-order valence-electron chi connectivity index (χ1n) is 8.43. The van der Waals surface area contributed by atoms with Crippen molar-refractivity contribution in [2.45, 2.75) is 13.8 Å². The van der Waals surface area contributed by atoms with Crippen LogP contribution < -0.4 is 15.6 Å². The van der Waals surface area contributed by atoms with Gasteiger partial charge in [0.25, 0.3) is 5.91 Å². The molecule has 7 heteroatoms. The lowest BCUT2D eigenvalue weighted by Crippen LogP contribution is -2.26. The quantitative estimate of drug-likeness (QED) is 0.488. The molecule has 0 aliphatic heterocycles. The van der Waals surface area contributed by atoms with E-state index in [2.05, 4.69) is 34.6 Å². The number of anilines is 2. The molecular formula is C19H23ClN4O2. The van der Waals surface area contributed by atoms with Gasteiger partial charge in [0.05, 0.1) is 23.5 Å². The maximum atomic E-state index is 11.8. The average molecular weight is 375 g/mol. The van der Waals surface area contributed by atoms with E-state index < -0.39 is 0 Å². The van der Waals surface area contributed by atoms with Crippen LogP contribution in [0.25, 0.3) is 0 Å². The van der Waals surface area contributed by atoms with Crippen molar-refractivity contribution < 1.29 is 9.90 Å². The van der Waals surface area contributed by atoms with Gasteiger partial charge in [-0.1, -0.05) is 23.7 Å². The summed E-state index contributed by atoms with van der Waals surface area (Å²) in [6.07, 6.45) is 1.41. The van der Waals surface area contributed by atoms with Crippen LogP contribution in [0.5, 0.6) is 5.75 Å². The van der Waals surface area contributed by atoms with Crippen molar-refractivity contribution in [1.29, 1.82) is 0 Å². The van der Waals surface area contributed by atoms with E-state index in [1.165, 1.54) is 6.21 Å². The van der Waals surface area contributed by atoms with E-state index in [0.717, 1.165) is 18.8 Å². The van der Waals surface area contributed by atoms with Gasteiger partial charge < -0.3 is 15.3 Å². The van der Waals surface area contributed by atoms with Crippen molar-refractivity contribution in [3.8, 4) is 5.75 Å². The Bertz CT molecular complexity index is 776. The molecule has 2 aromatic rings. The number of halogens is 1. The maximum Gasteiger partial charge on any atom is 0.259 e. The number of nitrogens with zero attached hydrogens (tertiary/aromatic N) is 2. The highest BCUT2D eigenvalue weighted by Gasteiger charge is 2.06. The van der Waals surface area contributed by atoms with Crippen molar-refractivity contribution >= 4 is 35.1 Å². The number of amides is 1. The molecule has 0 radical (unpaired) electrons. The summed E-state index contributed by atoms with van der Waals surface area (Å²) in [6, 6.07) is 12.5. The van der Waals surface area contributed by atoms with E-state index in [1.54, 1.807) is 24.3 Å². The highest BCUT2D eigenvalue weighted by Crippen LogP contribution is 2.23. The highest BCUT2D eigenvalue weighted by atomic mass is 35.5. The van der Waals surface area contributed by atoms with Crippen LogP contribution in [0, 0.1) is 0 Å². The normalized spacial score (nSPS) is 10.7. The van der Waals surface area contributed by atoms with Crippen molar-refractivity contribution in [3.05, 3.63) is 53.1 Å². The molecule has 0 saturated heterocycles. The minimum absolute atomic E-state index is 0.0357. The Balaban J connectivity index is 1.89. The van der Waals surface area contributed by atoms with Gasteiger partial charge in [-0.15, -0.1) is 0 Å². The number of hydrogen-bond acceptors (Lipinski definition) is 5. The lowest BCUT2D eigenvalue weighted by atomic mass is 10.2. The molecule has 0 aliphatic carbocycles. The van der Waals surface area contributed by atoms with E-state index >= 15 is 0 Å². The largest absolute Gasteiger partial charge is 0.507 e. The van der Waals surface area contributed by atoms with Crippen LogP contribution in [0.3, 0.4) is 0 Å². The SMILES string of the molecule is CCN(CC)c1ccc(/C=N\NC(=O)CNc2ccccc2Cl)c(O)c1. The number of carbonyl (C=O) groups is 1. The van der Waals surface area contributed by atoms with Gasteiger partial charge in [-0.3, -0.25) is 4.79 Å². The Morgan fingerprint density at radius 1 is 1.23 bits per heavy atom. The third-order valence-electron chi connectivity index (χ3n) is 3.85. The summed E-state index contributed by atoms with van der Waals surface area (Å²) in [5.74, 6) is -0.206. The number of aromatic hydroxyl groups is 1. The topological polar surface area (TPSA) is 77.0 Å². The molecule has 0 aromatic heterocycles. The molecule has 0 heterocycles. The Morgan fingerprint density at radius 2 is 1.96 bits per heavy atom. The number of para-hydroxylation sites is 1. The van der Waals surface area contributed by atoms with Gasteiger partial charge in [-0.25, -0.2) is 5.43 Å². The summed E-state index contributed by atoms with van der Waals surface area (Å²) in [6.45, 7) is 5.87. The molecule has 1 amide bonds. The van der Waals surface area contributed by atoms with Gasteiger partial charge in [-0.2, -0.15) is 5.10 Å². The van der Waals surface area contributed by atoms with Crippen LogP contribution in [-0.4, -0.2) is 36.9 Å². The van der Waals surface area contributed by atoms with Gasteiger partial charge in [0, 0.05) is 30.4 Å². The smallest absolute Gasteiger partial charge is 0.259 e. The van der Waals surface area contributed by atoms with Crippen LogP contribution in [0.1, 0.15) is 19.4 Å². The fraction of sp³-hybridized carbons (Fsp3) is 0.263. The van der Waals surface area contributed by atoms with Crippen LogP contribution in [0.4, 0.5) is 11.4 Å². The van der Waals surface area contributed by atoms with Gasteiger partial charge in [0.2, 0.25) is 0 Å². The predicted octanol–water partition coefficient (Wildman–Crippen LogP) is 3.45. The zero-order valence-corrected chi connectivity index (χ0v) is 15.6. The molecule has 0 saturated carbocycles. The van der Waals surface area contributed by atoms with Crippen molar-refractivity contribution in [1.82, 2.24) is 5.43 Å². The summed E-state index contributed by atoms with van der Waals surface area (Å²) in [5.41, 5.74) is 4.56. The molecule has 0 fully saturated rings. The predicted molar refractivity (Wildman–Crippen MR) is 107 cm³/mol. The number of nitrogens with one attached hydrogen (secondary N) is 2. The monoisotopic (exact) mass is 374 g/mol. The first kappa shape index (κ1) is 19.6. The number of carbonyl (C=O) groups excluding carboxylic acids is 1. The fourth-order valence-corrected chi connectivity index (χ4v) is 2.62. The van der Waals surface area contributed by atoms with E-state index in [4.69, 9.17) is 11.6 Å². The molecule has 0 spiro atoms. The van der Waals surface area contributed by atoms with E-state index in [-0.39, 0.29) is 18.2 Å². The molecule has 0 atom stereocenters. The second-order valence-corrected chi connectivity index (χ2v) is 5.95. The Hall–Kier alpha value is -2.73. The molecule has 2 aromatic carbocycles. The third kappa shape index (κ3) is 5.39. The minimum Gasteiger partial charge on any atom is -0.507 e. The van der Waals surface area contributed by atoms with E-state index in [9.17, 15) is 9.90 Å². The molecule has 138 valence electrons. The molecule has 2 rings (SSSR count). The summed E-state index contributed by atoms with van der Waals surface area (Å²) >= 11 is 6.01. The molecule has 0 aliphatic rings. The second-order valence-electron chi connectivity index (χ2n) is 5.54. The van der Waals surface area contributed by atoms with Gasteiger partial charge in [0.1, 0.15) is 5.75 Å². The van der Waals surface area contributed by atoms with Crippen LogP contribution in [0.15, 0.2) is 47.6 Å². The van der Waals surface area contributed by atoms with Crippen molar-refractivity contribution in [2.24, 2.45) is 5.10 Å². The Labute approximate surface area is 158 Å². The highest BCUT2D eigenvalue weighted by molar-refractivity contribution is 6.33. The third-order valence-corrected chi connectivity index (χ3v) is 4.18. The zero-order chi connectivity index (χ0) is 18.9. The van der Waals surface area contributed by atoms with Crippen molar-refractivity contribution in [2.75, 3.05) is 29.9 Å². The van der Waals surface area contributed by atoms with Gasteiger partial charge in [0.15, 0.2) is 0 Å². The molecule has 0 bridgehead atoms. The van der Waals surface area contributed by atoms with Crippen LogP contribution in [0.2, 0.25) is 5.02 Å². The maximum absolute atomic E-state index is 11.8. The molecule has 3 N–H and O–H groups in total. The van der Waals surface area contributed by atoms with E-state index in [0.29, 0.717) is 16.3 Å². The van der Waals surface area contributed by atoms with Crippen LogP contribution in [-0.2, 0) is 4.79 Å². The number of phenolic OH excluding ortho intramolecular Hbond substituents is 1. The Morgan fingerprint density at radius 3 is 2.62 bits per heavy atom. The van der Waals surface area contributed by atoms with E-state index in [1.807, 2.05) is 18.2 Å². The summed E-state index contributed by atoms with van der Waals surface area (Å²) in [5, 5.41) is 17.5. The van der Waals surface area contributed by atoms with Gasteiger partial charge in [-0.05, 0) is 38.1 Å². The number of rotatable bonds is 8. The Kier molecular flexibility index (Phi) is 7.29. The van der Waals surface area contributed by atoms with Crippen LogP contribution >= 0.6 is 11.6 Å². The molecule has 6 nitrogen and oxygen atoms in total. The fourth-order valence-electron chi connectivity index (χ4n) is 2.42. The molecular weight excluding hydrogens is 352 g/mol. The number of hydrazone groups is 1. The number of hydrogen-bond donors (Lipinski definition) is 3. The lowest BCUT2D eigenvalue weighted by molar-refractivity contribution is -0.119. The first-order chi connectivity index (χ1) is 12.5. The lowest BCUT2D eigenvalue weighted by Gasteiger charge is -2.21. The standard InChI is InChI=1S/C19H23ClN4O2/c1-3-24(4-2)15-10-9-14(18(25)11-15)12-22-23-19(26)13-21-17-8-6-5-7-16(17)20/h5-12,21,25H,3-4,13H2,1-2H3,(H,23,26)/b22-12-. The van der Waals surface area contributed by atoms with Gasteiger partial charge >= 0.3 is 0 Å². The molecule has 26 heavy (non-hydrogen) atoms. The van der Waals surface area contributed by atoms with Crippen molar-refractivity contribution in [3.63, 3.8) is 0 Å². The number of benzene rings is 2. The number of phenols is 1. The molecule has 0 unspecified atom stereocenters. The minimum atomic E-state index is -0.319. The summed E-state index contributed by atoms with van der Waals surface area (Å²) < 4.78 is 0. The first-order valence-corrected chi connectivity index (χ1v) is 8.81. The zero-order valence-electron chi connectivity index (χ0n) is 14.9.